The van der Waals surface area contributed by atoms with E-state index in [-0.39, 0.29) is 11.9 Å². The Morgan fingerprint density at radius 3 is 3.00 bits per heavy atom. The molecule has 2 aromatic rings. The molecule has 18 heavy (non-hydrogen) atoms. The second-order valence-electron chi connectivity index (χ2n) is 3.74. The van der Waals surface area contributed by atoms with Crippen LogP contribution in [0.2, 0.25) is 0 Å². The first kappa shape index (κ1) is 13.5. The summed E-state index contributed by atoms with van der Waals surface area (Å²) in [5, 5.41) is 3.24. The van der Waals surface area contributed by atoms with Gasteiger partial charge in [0.2, 0.25) is 0 Å². The molecule has 1 aromatic carbocycles. The number of hydrogen-bond donors (Lipinski definition) is 1. The molecule has 0 fully saturated rings. The summed E-state index contributed by atoms with van der Waals surface area (Å²) in [5.41, 5.74) is 0.694. The summed E-state index contributed by atoms with van der Waals surface area (Å²) < 4.78 is 18.7. The summed E-state index contributed by atoms with van der Waals surface area (Å²) >= 11 is 2.77. The summed E-state index contributed by atoms with van der Waals surface area (Å²) in [6, 6.07) is 5.11. The number of nitrogens with zero attached hydrogens (tertiary/aromatic N) is 2. The van der Waals surface area contributed by atoms with Crippen molar-refractivity contribution in [3.05, 3.63) is 35.9 Å². The van der Waals surface area contributed by atoms with E-state index in [4.69, 9.17) is 0 Å². The van der Waals surface area contributed by atoms with Gasteiger partial charge >= 0.3 is 0 Å². The Balaban J connectivity index is 2.31. The maximum atomic E-state index is 14.0. The van der Waals surface area contributed by atoms with E-state index in [1.54, 1.807) is 6.07 Å². The van der Waals surface area contributed by atoms with Gasteiger partial charge in [0.25, 0.3) is 0 Å². The number of benzene rings is 1. The summed E-state index contributed by atoms with van der Waals surface area (Å²) in [6.45, 7) is 4.78. The average molecular weight is 283 g/mol. The molecule has 0 spiro atoms. The van der Waals surface area contributed by atoms with Crippen molar-refractivity contribution < 1.29 is 4.39 Å². The van der Waals surface area contributed by atoms with Crippen molar-refractivity contribution in [2.45, 2.75) is 29.1 Å². The molecular weight excluding hydrogens is 269 g/mol. The predicted molar refractivity (Wildman–Crippen MR) is 72.5 cm³/mol. The van der Waals surface area contributed by atoms with Gasteiger partial charge in [0, 0.05) is 16.5 Å². The zero-order chi connectivity index (χ0) is 13.0. The fourth-order valence-electron chi connectivity index (χ4n) is 1.74. The van der Waals surface area contributed by atoms with Crippen molar-refractivity contribution >= 4 is 23.3 Å². The molecule has 0 saturated carbocycles. The Kier molecular flexibility index (Phi) is 4.68. The van der Waals surface area contributed by atoms with E-state index in [1.807, 2.05) is 19.9 Å². The number of hydrogen-bond acceptors (Lipinski definition) is 5. The van der Waals surface area contributed by atoms with Crippen LogP contribution in [0.5, 0.6) is 0 Å². The molecule has 0 bridgehead atoms. The van der Waals surface area contributed by atoms with Crippen LogP contribution in [0.1, 0.15) is 25.5 Å². The molecule has 0 aliphatic heterocycles. The lowest BCUT2D eigenvalue weighted by atomic mass is 10.1. The lowest BCUT2D eigenvalue weighted by molar-refractivity contribution is 0.531. The van der Waals surface area contributed by atoms with Gasteiger partial charge in [-0.3, -0.25) is 0 Å². The lowest BCUT2D eigenvalue weighted by Gasteiger charge is -2.17. The summed E-state index contributed by atoms with van der Waals surface area (Å²) in [7, 11) is 0. The van der Waals surface area contributed by atoms with Crippen LogP contribution in [-0.4, -0.2) is 15.9 Å². The normalized spacial score (nSPS) is 12.6. The maximum absolute atomic E-state index is 14.0. The average Bonchev–Trinajstić information content (AvgIpc) is 2.82. The summed E-state index contributed by atoms with van der Waals surface area (Å²) in [6.07, 6.45) is 1.51. The van der Waals surface area contributed by atoms with Crippen LogP contribution in [0.25, 0.3) is 0 Å². The van der Waals surface area contributed by atoms with Crippen LogP contribution in [0.15, 0.2) is 33.8 Å². The van der Waals surface area contributed by atoms with E-state index in [0.29, 0.717) is 5.56 Å². The molecule has 0 aliphatic rings. The SMILES string of the molecule is CCNC(C)c1c(F)cccc1Sc1ncns1. The topological polar surface area (TPSA) is 37.8 Å². The highest BCUT2D eigenvalue weighted by Gasteiger charge is 2.16. The number of halogens is 1. The highest BCUT2D eigenvalue weighted by Crippen LogP contribution is 2.34. The van der Waals surface area contributed by atoms with Gasteiger partial charge in [0.1, 0.15) is 12.1 Å². The standard InChI is InChI=1S/C12H14FN3S2/c1-3-14-8(2)11-9(13)5-4-6-10(11)17-12-15-7-16-18-12/h4-8,14H,3H2,1-2H3. The van der Waals surface area contributed by atoms with Crippen LogP contribution >= 0.6 is 23.3 Å². The van der Waals surface area contributed by atoms with E-state index in [1.165, 1.54) is 35.7 Å². The van der Waals surface area contributed by atoms with E-state index in [9.17, 15) is 4.39 Å². The molecule has 0 amide bonds. The summed E-state index contributed by atoms with van der Waals surface area (Å²) in [4.78, 5) is 5.00. The van der Waals surface area contributed by atoms with Gasteiger partial charge in [0.05, 0.1) is 0 Å². The van der Waals surface area contributed by atoms with Crippen molar-refractivity contribution in [3.8, 4) is 0 Å². The largest absolute Gasteiger partial charge is 0.310 e. The molecule has 3 nitrogen and oxygen atoms in total. The fraction of sp³-hybridized carbons (Fsp3) is 0.333. The first-order valence-corrected chi connectivity index (χ1v) is 7.27. The second kappa shape index (κ2) is 6.26. The molecule has 96 valence electrons. The van der Waals surface area contributed by atoms with Crippen molar-refractivity contribution in [1.82, 2.24) is 14.7 Å². The third kappa shape index (κ3) is 3.07. The molecule has 0 aliphatic carbocycles. The number of aromatic nitrogens is 2. The van der Waals surface area contributed by atoms with Gasteiger partial charge in [-0.2, -0.15) is 4.37 Å². The molecule has 0 radical (unpaired) electrons. The highest BCUT2D eigenvalue weighted by atomic mass is 32.2. The highest BCUT2D eigenvalue weighted by molar-refractivity contribution is 8.01. The molecule has 0 saturated heterocycles. The first-order chi connectivity index (χ1) is 8.72. The quantitative estimate of drug-likeness (QED) is 0.911. The fourth-order valence-corrected chi connectivity index (χ4v) is 3.38. The molecule has 6 heteroatoms. The molecule has 1 aromatic heterocycles. The maximum Gasteiger partial charge on any atom is 0.174 e. The van der Waals surface area contributed by atoms with Gasteiger partial charge in [0.15, 0.2) is 4.34 Å². The van der Waals surface area contributed by atoms with Crippen LogP contribution in [0.3, 0.4) is 0 Å². The van der Waals surface area contributed by atoms with Crippen molar-refractivity contribution in [1.29, 1.82) is 0 Å². The third-order valence-corrected chi connectivity index (χ3v) is 4.29. The molecule has 2 rings (SSSR count). The van der Waals surface area contributed by atoms with E-state index >= 15 is 0 Å². The van der Waals surface area contributed by atoms with Crippen LogP contribution < -0.4 is 5.32 Å². The van der Waals surface area contributed by atoms with Crippen molar-refractivity contribution in [2.75, 3.05) is 6.54 Å². The van der Waals surface area contributed by atoms with Crippen molar-refractivity contribution in [3.63, 3.8) is 0 Å². The molecule has 1 heterocycles. The lowest BCUT2D eigenvalue weighted by Crippen LogP contribution is -2.19. The minimum absolute atomic E-state index is 0.0216. The van der Waals surface area contributed by atoms with Gasteiger partial charge in [-0.25, -0.2) is 9.37 Å². The van der Waals surface area contributed by atoms with Gasteiger partial charge in [-0.15, -0.1) is 0 Å². The van der Waals surface area contributed by atoms with Crippen LogP contribution in [0.4, 0.5) is 4.39 Å². The van der Waals surface area contributed by atoms with Crippen LogP contribution in [-0.2, 0) is 0 Å². The summed E-state index contributed by atoms with van der Waals surface area (Å²) in [5.74, 6) is -0.182. The number of nitrogens with one attached hydrogen (secondary N) is 1. The Hall–Kier alpha value is -0.980. The Morgan fingerprint density at radius 1 is 1.50 bits per heavy atom. The second-order valence-corrected chi connectivity index (χ2v) is 5.81. The molecule has 1 unspecified atom stereocenters. The van der Waals surface area contributed by atoms with Crippen molar-refractivity contribution in [2.24, 2.45) is 0 Å². The minimum atomic E-state index is -0.182. The zero-order valence-electron chi connectivity index (χ0n) is 10.2. The molecular formula is C12H14FN3S2. The Morgan fingerprint density at radius 2 is 2.33 bits per heavy atom. The molecule has 1 N–H and O–H groups in total. The third-order valence-electron chi connectivity index (χ3n) is 2.49. The first-order valence-electron chi connectivity index (χ1n) is 5.68. The van der Waals surface area contributed by atoms with Gasteiger partial charge < -0.3 is 5.32 Å². The van der Waals surface area contributed by atoms with E-state index in [0.717, 1.165) is 15.8 Å². The zero-order valence-corrected chi connectivity index (χ0v) is 11.8. The Bertz CT molecular complexity index is 502. The monoisotopic (exact) mass is 283 g/mol. The molecule has 1 atom stereocenters. The predicted octanol–water partition coefficient (Wildman–Crippen LogP) is 3.50. The van der Waals surface area contributed by atoms with E-state index in [2.05, 4.69) is 14.7 Å². The van der Waals surface area contributed by atoms with Crippen LogP contribution in [0, 0.1) is 5.82 Å². The smallest absolute Gasteiger partial charge is 0.174 e. The van der Waals surface area contributed by atoms with Gasteiger partial charge in [-0.1, -0.05) is 24.8 Å². The van der Waals surface area contributed by atoms with Gasteiger partial charge in [-0.05, 0) is 37.1 Å². The van der Waals surface area contributed by atoms with E-state index < -0.39 is 0 Å². The minimum Gasteiger partial charge on any atom is -0.310 e. The Labute approximate surface area is 114 Å². The number of rotatable bonds is 5.